The van der Waals surface area contributed by atoms with Crippen LogP contribution in [0.25, 0.3) is 11.1 Å². The van der Waals surface area contributed by atoms with Crippen LogP contribution in [0.5, 0.6) is 0 Å². The number of esters is 2. The zero-order chi connectivity index (χ0) is 19.3. The van der Waals surface area contributed by atoms with E-state index in [2.05, 4.69) is 0 Å². The first kappa shape index (κ1) is 18.1. The van der Waals surface area contributed by atoms with Crippen molar-refractivity contribution < 1.29 is 19.1 Å². The van der Waals surface area contributed by atoms with Gasteiger partial charge in [-0.25, -0.2) is 9.59 Å². The van der Waals surface area contributed by atoms with Gasteiger partial charge in [0.15, 0.2) is 0 Å². The average Bonchev–Trinajstić information content (AvgIpc) is 3.26. The number of ether oxygens (including phenoxy) is 2. The van der Waals surface area contributed by atoms with Gasteiger partial charge in [-0.2, -0.15) is 0 Å². The van der Waals surface area contributed by atoms with Crippen LogP contribution in [0.2, 0.25) is 10.0 Å². The lowest BCUT2D eigenvalue weighted by Crippen LogP contribution is -2.20. The number of carbonyl (C=O) groups is 2. The van der Waals surface area contributed by atoms with Crippen molar-refractivity contribution in [3.8, 4) is 11.1 Å². The minimum absolute atomic E-state index is 0.208. The molecule has 0 amide bonds. The first-order chi connectivity index (χ1) is 13.0. The summed E-state index contributed by atoms with van der Waals surface area (Å²) >= 11 is 12.5. The summed E-state index contributed by atoms with van der Waals surface area (Å²) < 4.78 is 10.5. The van der Waals surface area contributed by atoms with Gasteiger partial charge in [0.05, 0.1) is 29.8 Å². The zero-order valence-corrected chi connectivity index (χ0v) is 16.3. The van der Waals surface area contributed by atoms with Crippen LogP contribution in [0.15, 0.2) is 47.5 Å². The van der Waals surface area contributed by atoms with Crippen LogP contribution in [-0.2, 0) is 24.5 Å². The predicted molar refractivity (Wildman–Crippen MR) is 103 cm³/mol. The number of hydrogen-bond acceptors (Lipinski definition) is 4. The Morgan fingerprint density at radius 1 is 0.815 bits per heavy atom. The standard InChI is InChI=1S/C21H16Cl2O4/c1-3-26-19(24)17-18(20(25)27-4-2)21(17)15-9-11(22)5-7-13(15)14-8-6-12(23)10-16(14)21/h5-10H,3-4H2,1-2H3. The summed E-state index contributed by atoms with van der Waals surface area (Å²) in [5, 5.41) is 1.04. The van der Waals surface area contributed by atoms with Gasteiger partial charge in [0.25, 0.3) is 0 Å². The van der Waals surface area contributed by atoms with E-state index in [1.54, 1.807) is 38.1 Å². The van der Waals surface area contributed by atoms with E-state index in [0.717, 1.165) is 22.3 Å². The highest BCUT2D eigenvalue weighted by Crippen LogP contribution is 2.67. The normalized spacial score (nSPS) is 15.4. The molecule has 0 saturated carbocycles. The maximum Gasteiger partial charge on any atom is 0.336 e. The minimum Gasteiger partial charge on any atom is -0.463 e. The third-order valence-electron chi connectivity index (χ3n) is 4.96. The summed E-state index contributed by atoms with van der Waals surface area (Å²) in [5.74, 6) is -1.06. The average molecular weight is 403 g/mol. The highest BCUT2D eigenvalue weighted by molar-refractivity contribution is 6.32. The van der Waals surface area contributed by atoms with Crippen molar-refractivity contribution in [2.45, 2.75) is 19.3 Å². The largest absolute Gasteiger partial charge is 0.463 e. The molecule has 27 heavy (non-hydrogen) atoms. The second kappa shape index (κ2) is 6.39. The van der Waals surface area contributed by atoms with Crippen LogP contribution in [0.3, 0.4) is 0 Å². The molecular weight excluding hydrogens is 387 g/mol. The van der Waals surface area contributed by atoms with Crippen LogP contribution in [0.1, 0.15) is 25.0 Å². The molecule has 0 radical (unpaired) electrons. The molecule has 4 rings (SSSR count). The third-order valence-corrected chi connectivity index (χ3v) is 5.43. The van der Waals surface area contributed by atoms with E-state index < -0.39 is 17.4 Å². The van der Waals surface area contributed by atoms with Crippen LogP contribution in [0.4, 0.5) is 0 Å². The Morgan fingerprint density at radius 2 is 1.22 bits per heavy atom. The molecule has 0 aliphatic heterocycles. The summed E-state index contributed by atoms with van der Waals surface area (Å²) in [4.78, 5) is 25.4. The van der Waals surface area contributed by atoms with Gasteiger partial charge in [-0.05, 0) is 60.4 Å². The van der Waals surface area contributed by atoms with E-state index in [0.29, 0.717) is 21.2 Å². The molecule has 0 heterocycles. The predicted octanol–water partition coefficient (Wildman–Crippen LogP) is 4.70. The number of carbonyl (C=O) groups excluding carboxylic acids is 2. The first-order valence-corrected chi connectivity index (χ1v) is 9.42. The fourth-order valence-corrected chi connectivity index (χ4v) is 4.35. The Kier molecular flexibility index (Phi) is 4.28. The number of fused-ring (bicyclic) bond motifs is 5. The maximum atomic E-state index is 12.7. The van der Waals surface area contributed by atoms with E-state index in [1.807, 2.05) is 12.1 Å². The van der Waals surface area contributed by atoms with Crippen molar-refractivity contribution in [3.63, 3.8) is 0 Å². The van der Waals surface area contributed by atoms with Crippen molar-refractivity contribution in [1.29, 1.82) is 0 Å². The monoisotopic (exact) mass is 402 g/mol. The van der Waals surface area contributed by atoms with E-state index >= 15 is 0 Å². The fourth-order valence-electron chi connectivity index (χ4n) is 4.01. The van der Waals surface area contributed by atoms with Crippen molar-refractivity contribution >= 4 is 35.1 Å². The topological polar surface area (TPSA) is 52.6 Å². The van der Waals surface area contributed by atoms with Gasteiger partial charge in [0.2, 0.25) is 0 Å². The molecule has 0 bridgehead atoms. The van der Waals surface area contributed by atoms with Crippen molar-refractivity contribution in [2.24, 2.45) is 0 Å². The Labute approximate surface area is 166 Å². The van der Waals surface area contributed by atoms with Gasteiger partial charge in [-0.15, -0.1) is 0 Å². The van der Waals surface area contributed by atoms with E-state index in [-0.39, 0.29) is 13.2 Å². The van der Waals surface area contributed by atoms with E-state index in [9.17, 15) is 9.59 Å². The summed E-state index contributed by atoms with van der Waals surface area (Å²) in [6, 6.07) is 10.9. The SMILES string of the molecule is CCOC(=O)C1=C(C(=O)OCC)C12c1cc(Cl)ccc1-c1ccc(Cl)cc12. The minimum atomic E-state index is -1.01. The molecule has 2 aromatic carbocycles. The molecule has 0 fully saturated rings. The lowest BCUT2D eigenvalue weighted by molar-refractivity contribution is -0.140. The first-order valence-electron chi connectivity index (χ1n) is 8.66. The Bertz CT molecular complexity index is 941. The summed E-state index contributed by atoms with van der Waals surface area (Å²) in [5.41, 5.74) is 2.95. The second-order valence-electron chi connectivity index (χ2n) is 6.32. The van der Waals surface area contributed by atoms with Crippen molar-refractivity contribution in [3.05, 3.63) is 68.7 Å². The fraction of sp³-hybridized carbons (Fsp3) is 0.238. The van der Waals surface area contributed by atoms with Gasteiger partial charge in [-0.3, -0.25) is 0 Å². The highest BCUT2D eigenvalue weighted by Gasteiger charge is 2.67. The third kappa shape index (κ3) is 2.43. The van der Waals surface area contributed by atoms with Gasteiger partial charge >= 0.3 is 11.9 Å². The molecule has 1 spiro atoms. The molecule has 4 nitrogen and oxygen atoms in total. The number of benzene rings is 2. The van der Waals surface area contributed by atoms with Crippen LogP contribution in [-0.4, -0.2) is 25.2 Å². The van der Waals surface area contributed by atoms with E-state index in [4.69, 9.17) is 32.7 Å². The quantitative estimate of drug-likeness (QED) is 0.695. The maximum absolute atomic E-state index is 12.7. The van der Waals surface area contributed by atoms with Crippen LogP contribution >= 0.6 is 23.2 Å². The Hall–Kier alpha value is -2.30. The molecule has 0 unspecified atom stereocenters. The Morgan fingerprint density at radius 3 is 1.59 bits per heavy atom. The molecule has 0 atom stereocenters. The van der Waals surface area contributed by atoms with Crippen LogP contribution in [0, 0.1) is 0 Å². The molecule has 2 aliphatic carbocycles. The smallest absolute Gasteiger partial charge is 0.336 e. The Balaban J connectivity index is 1.99. The molecule has 0 N–H and O–H groups in total. The lowest BCUT2D eigenvalue weighted by Gasteiger charge is -2.17. The van der Waals surface area contributed by atoms with Crippen molar-refractivity contribution in [2.75, 3.05) is 13.2 Å². The highest BCUT2D eigenvalue weighted by atomic mass is 35.5. The van der Waals surface area contributed by atoms with Gasteiger partial charge < -0.3 is 9.47 Å². The molecule has 138 valence electrons. The lowest BCUT2D eigenvalue weighted by atomic mass is 9.85. The molecule has 2 aromatic rings. The molecular formula is C21H16Cl2O4. The van der Waals surface area contributed by atoms with E-state index in [1.165, 1.54) is 0 Å². The number of rotatable bonds is 4. The van der Waals surface area contributed by atoms with Gasteiger partial charge in [-0.1, -0.05) is 35.3 Å². The molecule has 2 aliphatic rings. The molecule has 0 saturated heterocycles. The van der Waals surface area contributed by atoms with Gasteiger partial charge in [0, 0.05) is 10.0 Å². The molecule has 0 aromatic heterocycles. The number of halogens is 2. The summed E-state index contributed by atoms with van der Waals surface area (Å²) in [7, 11) is 0. The van der Waals surface area contributed by atoms with Crippen molar-refractivity contribution in [1.82, 2.24) is 0 Å². The van der Waals surface area contributed by atoms with Gasteiger partial charge in [0.1, 0.15) is 0 Å². The second-order valence-corrected chi connectivity index (χ2v) is 7.19. The summed E-state index contributed by atoms with van der Waals surface area (Å²) in [6.07, 6.45) is 0. The number of hydrogen-bond donors (Lipinski definition) is 0. The zero-order valence-electron chi connectivity index (χ0n) is 14.8. The summed E-state index contributed by atoms with van der Waals surface area (Å²) in [6.45, 7) is 3.86. The molecule has 6 heteroatoms. The van der Waals surface area contributed by atoms with Crippen LogP contribution < -0.4 is 0 Å².